The van der Waals surface area contributed by atoms with Crippen molar-refractivity contribution in [2.24, 2.45) is 5.73 Å². The van der Waals surface area contributed by atoms with Crippen LogP contribution in [0.2, 0.25) is 0 Å². The van der Waals surface area contributed by atoms with Crippen LogP contribution in [-0.4, -0.2) is 26.0 Å². The van der Waals surface area contributed by atoms with Crippen molar-refractivity contribution in [1.82, 2.24) is 4.72 Å². The fourth-order valence-corrected chi connectivity index (χ4v) is 5.23. The van der Waals surface area contributed by atoms with E-state index in [-0.39, 0.29) is 6.04 Å². The molecule has 0 saturated carbocycles. The molecule has 3 N–H and O–H groups in total. The van der Waals surface area contributed by atoms with Crippen LogP contribution in [0.15, 0.2) is 17.0 Å². The van der Waals surface area contributed by atoms with Gasteiger partial charge in [0.25, 0.3) is 0 Å². The zero-order valence-corrected chi connectivity index (χ0v) is 13.6. The molecule has 1 fully saturated rings. The van der Waals surface area contributed by atoms with Gasteiger partial charge in [-0.3, -0.25) is 0 Å². The van der Waals surface area contributed by atoms with E-state index >= 15 is 0 Å². The second-order valence-electron chi connectivity index (χ2n) is 5.28. The molecule has 1 aliphatic rings. The molecule has 0 aliphatic carbocycles. The Hall–Kier alpha value is -0.560. The van der Waals surface area contributed by atoms with Gasteiger partial charge in [-0.1, -0.05) is 6.07 Å². The molecule has 6 heteroatoms. The van der Waals surface area contributed by atoms with E-state index in [2.05, 4.69) is 4.72 Å². The van der Waals surface area contributed by atoms with Crippen LogP contribution in [0.3, 0.4) is 0 Å². The Labute approximate surface area is 125 Å². The maximum atomic E-state index is 12.5. The second kappa shape index (κ2) is 6.47. The smallest absolute Gasteiger partial charge is 0.241 e. The molecule has 112 valence electrons. The lowest BCUT2D eigenvalue weighted by atomic mass is 10.1. The van der Waals surface area contributed by atoms with Gasteiger partial charge >= 0.3 is 0 Å². The molecule has 1 saturated heterocycles. The average Bonchev–Trinajstić information content (AvgIpc) is 2.39. The van der Waals surface area contributed by atoms with Crippen LogP contribution in [0.1, 0.15) is 29.5 Å². The Morgan fingerprint density at radius 2 is 2.10 bits per heavy atom. The van der Waals surface area contributed by atoms with E-state index in [0.717, 1.165) is 41.0 Å². The SMILES string of the molecule is Cc1cc(C)c(S(=O)(=O)NC2CCCSC2)cc1CN. The molecular formula is C14H22N2O2S2. The highest BCUT2D eigenvalue weighted by molar-refractivity contribution is 7.99. The lowest BCUT2D eigenvalue weighted by Crippen LogP contribution is -2.38. The number of sulfonamides is 1. The van der Waals surface area contributed by atoms with E-state index in [1.165, 1.54) is 0 Å². The zero-order chi connectivity index (χ0) is 14.8. The van der Waals surface area contributed by atoms with E-state index in [9.17, 15) is 8.42 Å². The van der Waals surface area contributed by atoms with Crippen molar-refractivity contribution >= 4 is 21.8 Å². The van der Waals surface area contributed by atoms with Crippen LogP contribution < -0.4 is 10.5 Å². The first kappa shape index (κ1) is 15.8. The van der Waals surface area contributed by atoms with Crippen LogP contribution in [0.4, 0.5) is 0 Å². The minimum absolute atomic E-state index is 0.0424. The largest absolute Gasteiger partial charge is 0.326 e. The van der Waals surface area contributed by atoms with Crippen molar-refractivity contribution in [2.45, 2.75) is 44.2 Å². The highest BCUT2D eigenvalue weighted by Crippen LogP contribution is 2.23. The highest BCUT2D eigenvalue weighted by atomic mass is 32.2. The van der Waals surface area contributed by atoms with E-state index in [1.807, 2.05) is 19.9 Å². The highest BCUT2D eigenvalue weighted by Gasteiger charge is 2.24. The third-order valence-electron chi connectivity index (χ3n) is 3.63. The number of hydrogen-bond donors (Lipinski definition) is 2. The van der Waals surface area contributed by atoms with Crippen LogP contribution in [0.5, 0.6) is 0 Å². The summed E-state index contributed by atoms with van der Waals surface area (Å²) in [6.45, 7) is 4.14. The molecule has 1 atom stereocenters. The van der Waals surface area contributed by atoms with Gasteiger partial charge in [0, 0.05) is 18.3 Å². The topological polar surface area (TPSA) is 72.2 Å². The van der Waals surface area contributed by atoms with E-state index in [4.69, 9.17) is 5.73 Å². The molecule has 1 aromatic carbocycles. The Morgan fingerprint density at radius 3 is 2.70 bits per heavy atom. The molecule has 20 heavy (non-hydrogen) atoms. The molecule has 1 aliphatic heterocycles. The monoisotopic (exact) mass is 314 g/mol. The van der Waals surface area contributed by atoms with Crippen molar-refractivity contribution in [1.29, 1.82) is 0 Å². The maximum absolute atomic E-state index is 12.5. The summed E-state index contributed by atoms with van der Waals surface area (Å²) in [6.07, 6.45) is 1.99. The molecule has 0 spiro atoms. The van der Waals surface area contributed by atoms with Crippen LogP contribution in [0, 0.1) is 13.8 Å². The molecule has 4 nitrogen and oxygen atoms in total. The minimum Gasteiger partial charge on any atom is -0.326 e. The maximum Gasteiger partial charge on any atom is 0.241 e. The standard InChI is InChI=1S/C14H22N2O2S2/c1-10-6-11(2)14(7-12(10)8-15)20(17,18)16-13-4-3-5-19-9-13/h6-7,13,16H,3-5,8-9,15H2,1-2H3. The Morgan fingerprint density at radius 1 is 1.35 bits per heavy atom. The summed E-state index contributed by atoms with van der Waals surface area (Å²) in [5.41, 5.74) is 8.37. The Balaban J connectivity index is 2.28. The van der Waals surface area contributed by atoms with E-state index in [0.29, 0.717) is 11.4 Å². The Bertz CT molecular complexity index is 579. The number of rotatable bonds is 4. The van der Waals surface area contributed by atoms with Gasteiger partial charge in [0.2, 0.25) is 10.0 Å². The van der Waals surface area contributed by atoms with Gasteiger partial charge in [-0.25, -0.2) is 13.1 Å². The number of benzene rings is 1. The van der Waals surface area contributed by atoms with Crippen molar-refractivity contribution in [2.75, 3.05) is 11.5 Å². The fraction of sp³-hybridized carbons (Fsp3) is 0.571. The van der Waals surface area contributed by atoms with Crippen molar-refractivity contribution < 1.29 is 8.42 Å². The Kier molecular flexibility index (Phi) is 5.12. The van der Waals surface area contributed by atoms with Gasteiger partial charge < -0.3 is 5.73 Å². The lowest BCUT2D eigenvalue weighted by molar-refractivity contribution is 0.542. The summed E-state index contributed by atoms with van der Waals surface area (Å²) in [5.74, 6) is 1.98. The molecule has 0 radical (unpaired) electrons. The predicted octanol–water partition coefficient (Wildman–Crippen LogP) is 1.94. The molecule has 1 unspecified atom stereocenters. The first-order chi connectivity index (χ1) is 9.44. The normalized spacial score (nSPS) is 20.1. The first-order valence-electron chi connectivity index (χ1n) is 6.84. The summed E-state index contributed by atoms with van der Waals surface area (Å²) < 4.78 is 27.9. The molecule has 0 bridgehead atoms. The average molecular weight is 314 g/mol. The van der Waals surface area contributed by atoms with Crippen LogP contribution >= 0.6 is 11.8 Å². The fourth-order valence-electron chi connectivity index (χ4n) is 2.50. The molecule has 2 rings (SSSR count). The number of thioether (sulfide) groups is 1. The third-order valence-corrected chi connectivity index (χ3v) is 6.50. The summed E-state index contributed by atoms with van der Waals surface area (Å²) >= 11 is 1.81. The van der Waals surface area contributed by atoms with Crippen molar-refractivity contribution in [3.63, 3.8) is 0 Å². The number of hydrogen-bond acceptors (Lipinski definition) is 4. The molecule has 1 aromatic rings. The molecule has 1 heterocycles. The van der Waals surface area contributed by atoms with Crippen LogP contribution in [0.25, 0.3) is 0 Å². The first-order valence-corrected chi connectivity index (χ1v) is 9.48. The van der Waals surface area contributed by atoms with Gasteiger partial charge in [-0.05, 0) is 55.2 Å². The number of aryl methyl sites for hydroxylation is 2. The van der Waals surface area contributed by atoms with Gasteiger partial charge in [-0.2, -0.15) is 11.8 Å². The summed E-state index contributed by atoms with van der Waals surface area (Å²) in [7, 11) is -3.46. The quantitative estimate of drug-likeness (QED) is 0.891. The molecule has 0 amide bonds. The number of nitrogens with two attached hydrogens (primary N) is 1. The van der Waals surface area contributed by atoms with Gasteiger partial charge in [0.1, 0.15) is 0 Å². The van der Waals surface area contributed by atoms with Gasteiger partial charge in [-0.15, -0.1) is 0 Å². The zero-order valence-electron chi connectivity index (χ0n) is 12.0. The summed E-state index contributed by atoms with van der Waals surface area (Å²) in [5, 5.41) is 0. The van der Waals surface area contributed by atoms with Gasteiger partial charge in [0.15, 0.2) is 0 Å². The van der Waals surface area contributed by atoms with Crippen molar-refractivity contribution in [3.8, 4) is 0 Å². The minimum atomic E-state index is -3.46. The summed E-state index contributed by atoms with van der Waals surface area (Å²) in [6, 6.07) is 3.65. The molecular weight excluding hydrogens is 292 g/mol. The predicted molar refractivity (Wildman–Crippen MR) is 84.5 cm³/mol. The lowest BCUT2D eigenvalue weighted by Gasteiger charge is -2.23. The second-order valence-corrected chi connectivity index (χ2v) is 8.12. The van der Waals surface area contributed by atoms with Crippen molar-refractivity contribution in [3.05, 3.63) is 28.8 Å². The molecule has 0 aromatic heterocycles. The summed E-state index contributed by atoms with van der Waals surface area (Å²) in [4.78, 5) is 0.360. The van der Waals surface area contributed by atoms with Crippen LogP contribution in [-0.2, 0) is 16.6 Å². The number of nitrogens with one attached hydrogen (secondary N) is 1. The van der Waals surface area contributed by atoms with E-state index < -0.39 is 10.0 Å². The van der Waals surface area contributed by atoms with E-state index in [1.54, 1.807) is 17.8 Å². The third kappa shape index (κ3) is 3.55. The van der Waals surface area contributed by atoms with Gasteiger partial charge in [0.05, 0.1) is 4.90 Å².